The summed E-state index contributed by atoms with van der Waals surface area (Å²) in [6.07, 6.45) is 0.589. The van der Waals surface area contributed by atoms with Crippen molar-refractivity contribution in [1.82, 2.24) is 0 Å². The third kappa shape index (κ3) is 1.17. The van der Waals surface area contributed by atoms with E-state index in [1.165, 1.54) is 0 Å². The number of nitrogens with zero attached hydrogens (tertiary/aromatic N) is 1. The first-order valence-electron chi connectivity index (χ1n) is 4.09. The molecule has 0 radical (unpaired) electrons. The number of ketones is 1. The molecule has 0 bridgehead atoms. The second kappa shape index (κ2) is 2.87. The molecule has 0 aromatic heterocycles. The SMILES string of the molecule is O=C1CCc2c(F)cc([N+](=O)[O-])cc21. The van der Waals surface area contributed by atoms with Crippen LogP contribution in [0.4, 0.5) is 10.1 Å². The van der Waals surface area contributed by atoms with Crippen molar-refractivity contribution < 1.29 is 14.1 Å². The predicted octanol–water partition coefficient (Wildman–Crippen LogP) is 1.86. The molecule has 2 rings (SSSR count). The van der Waals surface area contributed by atoms with Gasteiger partial charge < -0.3 is 0 Å². The van der Waals surface area contributed by atoms with Crippen molar-refractivity contribution in [3.63, 3.8) is 0 Å². The van der Waals surface area contributed by atoms with Crippen LogP contribution in [0.5, 0.6) is 0 Å². The monoisotopic (exact) mass is 195 g/mol. The van der Waals surface area contributed by atoms with Crippen molar-refractivity contribution in [2.75, 3.05) is 0 Å². The summed E-state index contributed by atoms with van der Waals surface area (Å²) in [5.41, 5.74) is 0.105. The molecule has 0 saturated carbocycles. The van der Waals surface area contributed by atoms with Crippen LogP contribution >= 0.6 is 0 Å². The topological polar surface area (TPSA) is 60.2 Å². The number of hydrogen-bond donors (Lipinski definition) is 0. The summed E-state index contributed by atoms with van der Waals surface area (Å²) >= 11 is 0. The molecule has 1 aliphatic rings. The lowest BCUT2D eigenvalue weighted by atomic mass is 10.1. The fourth-order valence-corrected chi connectivity index (χ4v) is 1.60. The molecule has 5 heteroatoms. The molecular formula is C9H6FNO3. The van der Waals surface area contributed by atoms with Crippen LogP contribution in [-0.2, 0) is 6.42 Å². The van der Waals surface area contributed by atoms with Crippen LogP contribution < -0.4 is 0 Å². The van der Waals surface area contributed by atoms with Crippen LogP contribution in [0.25, 0.3) is 0 Å². The quantitative estimate of drug-likeness (QED) is 0.507. The molecule has 0 atom stereocenters. The number of rotatable bonds is 1. The van der Waals surface area contributed by atoms with Gasteiger partial charge in [0.15, 0.2) is 5.78 Å². The maximum atomic E-state index is 13.2. The van der Waals surface area contributed by atoms with E-state index in [0.29, 0.717) is 12.0 Å². The van der Waals surface area contributed by atoms with Gasteiger partial charge in [-0.3, -0.25) is 14.9 Å². The highest BCUT2D eigenvalue weighted by Crippen LogP contribution is 2.28. The molecule has 1 aromatic carbocycles. The number of nitro groups is 1. The van der Waals surface area contributed by atoms with Crippen LogP contribution in [-0.4, -0.2) is 10.7 Å². The molecule has 0 N–H and O–H groups in total. The van der Waals surface area contributed by atoms with E-state index in [1.807, 2.05) is 0 Å². The highest BCUT2D eigenvalue weighted by Gasteiger charge is 2.26. The van der Waals surface area contributed by atoms with E-state index < -0.39 is 10.7 Å². The number of Topliss-reactive ketones (excluding diaryl/α,β-unsaturated/α-hetero) is 1. The van der Waals surface area contributed by atoms with E-state index in [2.05, 4.69) is 0 Å². The Kier molecular flexibility index (Phi) is 1.80. The Morgan fingerprint density at radius 1 is 1.36 bits per heavy atom. The molecule has 1 aliphatic carbocycles. The van der Waals surface area contributed by atoms with Crippen molar-refractivity contribution >= 4 is 11.5 Å². The number of hydrogen-bond acceptors (Lipinski definition) is 3. The molecule has 0 unspecified atom stereocenters. The Morgan fingerprint density at radius 3 is 2.71 bits per heavy atom. The van der Waals surface area contributed by atoms with Crippen molar-refractivity contribution in [1.29, 1.82) is 0 Å². The van der Waals surface area contributed by atoms with Crippen molar-refractivity contribution in [2.24, 2.45) is 0 Å². The van der Waals surface area contributed by atoms with Crippen LogP contribution in [0.3, 0.4) is 0 Å². The minimum Gasteiger partial charge on any atom is -0.294 e. The summed E-state index contributed by atoms with van der Waals surface area (Å²) in [5.74, 6) is -0.873. The fourth-order valence-electron chi connectivity index (χ4n) is 1.60. The van der Waals surface area contributed by atoms with Gasteiger partial charge in [0.25, 0.3) is 5.69 Å². The summed E-state index contributed by atoms with van der Waals surface area (Å²) in [7, 11) is 0. The van der Waals surface area contributed by atoms with E-state index in [0.717, 1.165) is 12.1 Å². The van der Waals surface area contributed by atoms with E-state index >= 15 is 0 Å². The second-order valence-electron chi connectivity index (χ2n) is 3.13. The molecule has 1 aromatic rings. The third-order valence-electron chi connectivity index (χ3n) is 2.29. The number of fused-ring (bicyclic) bond motifs is 1. The molecule has 0 aliphatic heterocycles. The zero-order valence-electron chi connectivity index (χ0n) is 7.12. The largest absolute Gasteiger partial charge is 0.294 e. The second-order valence-corrected chi connectivity index (χ2v) is 3.13. The third-order valence-corrected chi connectivity index (χ3v) is 2.29. The summed E-state index contributed by atoms with van der Waals surface area (Å²) in [4.78, 5) is 20.9. The Hall–Kier alpha value is -1.78. The van der Waals surface area contributed by atoms with Gasteiger partial charge in [0.1, 0.15) is 5.82 Å². The summed E-state index contributed by atoms with van der Waals surface area (Å²) in [5, 5.41) is 10.4. The number of carbonyl (C=O) groups excluding carboxylic acids is 1. The van der Waals surface area contributed by atoms with Crippen molar-refractivity contribution in [2.45, 2.75) is 12.8 Å². The Balaban J connectivity index is 2.64. The molecule has 72 valence electrons. The van der Waals surface area contributed by atoms with Crippen LogP contribution in [0.2, 0.25) is 0 Å². The number of benzene rings is 1. The molecule has 14 heavy (non-hydrogen) atoms. The van der Waals surface area contributed by atoms with E-state index in [-0.39, 0.29) is 23.5 Å². The number of halogens is 1. The lowest BCUT2D eigenvalue weighted by molar-refractivity contribution is -0.385. The minimum atomic E-state index is -0.699. The average Bonchev–Trinajstić information content (AvgIpc) is 2.48. The number of non-ortho nitro benzene ring substituents is 1. The zero-order valence-corrected chi connectivity index (χ0v) is 7.12. The zero-order chi connectivity index (χ0) is 10.3. The summed E-state index contributed by atoms with van der Waals surface area (Å²) in [6, 6.07) is 2.01. The van der Waals surface area contributed by atoms with Gasteiger partial charge in [-0.05, 0) is 12.0 Å². The van der Waals surface area contributed by atoms with Gasteiger partial charge in [0, 0.05) is 18.1 Å². The Morgan fingerprint density at radius 2 is 2.07 bits per heavy atom. The predicted molar refractivity (Wildman–Crippen MR) is 45.7 cm³/mol. The first-order chi connectivity index (χ1) is 6.59. The Labute approximate surface area is 78.5 Å². The highest BCUT2D eigenvalue weighted by molar-refractivity contribution is 6.01. The van der Waals surface area contributed by atoms with Gasteiger partial charge in [-0.15, -0.1) is 0 Å². The minimum absolute atomic E-state index is 0.164. The summed E-state index contributed by atoms with van der Waals surface area (Å²) in [6.45, 7) is 0. The number of nitro benzene ring substituents is 1. The van der Waals surface area contributed by atoms with Gasteiger partial charge in [0.05, 0.1) is 11.0 Å². The molecule has 0 heterocycles. The van der Waals surface area contributed by atoms with Crippen molar-refractivity contribution in [3.8, 4) is 0 Å². The standard InChI is InChI=1S/C9H6FNO3/c10-8-4-5(11(13)14)3-7-6(8)1-2-9(7)12/h3-4H,1-2H2. The average molecular weight is 195 g/mol. The first kappa shape index (κ1) is 8.80. The summed E-state index contributed by atoms with van der Waals surface area (Å²) < 4.78 is 13.2. The lowest BCUT2D eigenvalue weighted by Gasteiger charge is -1.99. The molecule has 0 amide bonds. The maximum absolute atomic E-state index is 13.2. The molecule has 0 fully saturated rings. The Bertz CT molecular complexity index is 442. The molecule has 4 nitrogen and oxygen atoms in total. The van der Waals surface area contributed by atoms with Gasteiger partial charge in [-0.1, -0.05) is 0 Å². The van der Waals surface area contributed by atoms with Gasteiger partial charge in [0.2, 0.25) is 0 Å². The number of carbonyl (C=O) groups is 1. The van der Waals surface area contributed by atoms with Crippen LogP contribution in [0, 0.1) is 15.9 Å². The van der Waals surface area contributed by atoms with Gasteiger partial charge in [-0.25, -0.2) is 4.39 Å². The fraction of sp³-hybridized carbons (Fsp3) is 0.222. The molecule has 0 saturated heterocycles. The first-order valence-corrected chi connectivity index (χ1v) is 4.09. The van der Waals surface area contributed by atoms with E-state index in [1.54, 1.807) is 0 Å². The smallest absolute Gasteiger partial charge is 0.273 e. The molecular weight excluding hydrogens is 189 g/mol. The maximum Gasteiger partial charge on any atom is 0.273 e. The van der Waals surface area contributed by atoms with Crippen LogP contribution in [0.15, 0.2) is 12.1 Å². The van der Waals surface area contributed by atoms with Gasteiger partial charge >= 0.3 is 0 Å². The molecule has 0 spiro atoms. The highest BCUT2D eigenvalue weighted by atomic mass is 19.1. The van der Waals surface area contributed by atoms with Crippen molar-refractivity contribution in [3.05, 3.63) is 39.2 Å². The van der Waals surface area contributed by atoms with Crippen LogP contribution in [0.1, 0.15) is 22.3 Å². The lowest BCUT2D eigenvalue weighted by Crippen LogP contribution is -1.97. The van der Waals surface area contributed by atoms with Gasteiger partial charge in [-0.2, -0.15) is 0 Å². The van der Waals surface area contributed by atoms with E-state index in [4.69, 9.17) is 0 Å². The van der Waals surface area contributed by atoms with E-state index in [9.17, 15) is 19.3 Å². The normalized spacial score (nSPS) is 14.2.